The Kier molecular flexibility index (Phi) is 7.76. The maximum atomic E-state index is 12.4. The van der Waals surface area contributed by atoms with Crippen molar-refractivity contribution in [3.8, 4) is 0 Å². The van der Waals surface area contributed by atoms with Gasteiger partial charge in [0, 0.05) is 32.9 Å². The Morgan fingerprint density at radius 3 is 1.87 bits per heavy atom. The molecular weight excluding hydrogens is 398 g/mol. The van der Waals surface area contributed by atoms with Crippen LogP contribution in [0.1, 0.15) is 26.3 Å². The molecule has 10 nitrogen and oxygen atoms in total. The molecule has 0 aromatic heterocycles. The number of anilines is 1. The first-order valence-corrected chi connectivity index (χ1v) is 9.21. The minimum atomic E-state index is -1.39. The van der Waals surface area contributed by atoms with Crippen LogP contribution in [0.15, 0.2) is 24.3 Å². The first-order chi connectivity index (χ1) is 14.1. The van der Waals surface area contributed by atoms with Crippen LogP contribution in [0.25, 0.3) is 0 Å². The van der Waals surface area contributed by atoms with Gasteiger partial charge in [-0.05, 0) is 17.7 Å². The van der Waals surface area contributed by atoms with Crippen LogP contribution < -0.4 is 5.73 Å². The summed E-state index contributed by atoms with van der Waals surface area (Å²) >= 11 is 0. The maximum Gasteiger partial charge on any atom is 0.339 e. The molecule has 1 aromatic carbocycles. The van der Waals surface area contributed by atoms with Gasteiger partial charge in [0.25, 0.3) is 0 Å². The van der Waals surface area contributed by atoms with Crippen LogP contribution in [0.5, 0.6) is 0 Å². The van der Waals surface area contributed by atoms with Crippen molar-refractivity contribution in [3.63, 3.8) is 0 Å². The fraction of sp³-hybridized carbons (Fsp3) is 0.500. The molecule has 1 aliphatic rings. The van der Waals surface area contributed by atoms with Crippen molar-refractivity contribution in [3.05, 3.63) is 29.8 Å². The van der Waals surface area contributed by atoms with E-state index in [4.69, 9.17) is 29.4 Å². The lowest BCUT2D eigenvalue weighted by Gasteiger charge is -2.43. The summed E-state index contributed by atoms with van der Waals surface area (Å²) in [5.41, 5.74) is 7.03. The number of rotatable bonds is 6. The standard InChI is InChI=1S/C20H25NO9/c1-10(22)27-16-15(9-13-5-7-14(21)8-6-13)30-19(20(25)26-4)18(29-12(3)24)17(16)28-11(2)23/h5-8,15-19H,9,21H2,1-4H3/t15-,16-,17+,18-,19-/m0/s1. The van der Waals surface area contributed by atoms with E-state index < -0.39 is 54.4 Å². The summed E-state index contributed by atoms with van der Waals surface area (Å²) in [6.45, 7) is 3.45. The average molecular weight is 423 g/mol. The highest BCUT2D eigenvalue weighted by atomic mass is 16.7. The zero-order valence-electron chi connectivity index (χ0n) is 17.2. The van der Waals surface area contributed by atoms with Gasteiger partial charge in [-0.3, -0.25) is 14.4 Å². The molecule has 0 amide bonds. The Morgan fingerprint density at radius 1 is 0.867 bits per heavy atom. The summed E-state index contributed by atoms with van der Waals surface area (Å²) in [7, 11) is 1.14. The molecule has 164 valence electrons. The summed E-state index contributed by atoms with van der Waals surface area (Å²) in [6, 6.07) is 6.86. The molecule has 1 heterocycles. The van der Waals surface area contributed by atoms with Crippen LogP contribution in [0.2, 0.25) is 0 Å². The molecule has 0 bridgehead atoms. The van der Waals surface area contributed by atoms with E-state index in [-0.39, 0.29) is 6.42 Å². The number of hydrogen-bond acceptors (Lipinski definition) is 10. The van der Waals surface area contributed by atoms with Crippen LogP contribution in [0, 0.1) is 0 Å². The lowest BCUT2D eigenvalue weighted by atomic mass is 9.90. The van der Waals surface area contributed by atoms with Gasteiger partial charge in [-0.25, -0.2) is 4.79 Å². The van der Waals surface area contributed by atoms with E-state index in [1.165, 1.54) is 6.92 Å². The molecule has 1 saturated heterocycles. The number of hydrogen-bond donors (Lipinski definition) is 1. The number of carbonyl (C=O) groups excluding carboxylic acids is 4. The third-order valence-electron chi connectivity index (χ3n) is 4.39. The van der Waals surface area contributed by atoms with Crippen molar-refractivity contribution in [2.75, 3.05) is 12.8 Å². The minimum Gasteiger partial charge on any atom is -0.467 e. The molecule has 30 heavy (non-hydrogen) atoms. The molecule has 2 N–H and O–H groups in total. The Labute approximate surface area is 173 Å². The van der Waals surface area contributed by atoms with Crippen LogP contribution in [-0.4, -0.2) is 61.5 Å². The highest BCUT2D eigenvalue weighted by Gasteiger charge is 2.54. The largest absolute Gasteiger partial charge is 0.467 e. The molecular formula is C20H25NO9. The summed E-state index contributed by atoms with van der Waals surface area (Å²) in [5.74, 6) is -2.96. The molecule has 0 saturated carbocycles. The summed E-state index contributed by atoms with van der Waals surface area (Å²) < 4.78 is 26.5. The lowest BCUT2D eigenvalue weighted by molar-refractivity contribution is -0.248. The zero-order chi connectivity index (χ0) is 22.4. The number of esters is 4. The number of carbonyl (C=O) groups is 4. The van der Waals surface area contributed by atoms with Gasteiger partial charge in [0.2, 0.25) is 0 Å². The van der Waals surface area contributed by atoms with E-state index in [2.05, 4.69) is 0 Å². The molecule has 1 fully saturated rings. The second-order valence-corrected chi connectivity index (χ2v) is 6.79. The van der Waals surface area contributed by atoms with Gasteiger partial charge in [0.1, 0.15) is 6.10 Å². The fourth-order valence-electron chi connectivity index (χ4n) is 3.25. The van der Waals surface area contributed by atoms with Gasteiger partial charge in [-0.2, -0.15) is 0 Å². The molecule has 1 aromatic rings. The van der Waals surface area contributed by atoms with Crippen LogP contribution in [-0.2, 0) is 49.3 Å². The second-order valence-electron chi connectivity index (χ2n) is 6.79. The van der Waals surface area contributed by atoms with E-state index in [9.17, 15) is 19.2 Å². The molecule has 0 radical (unpaired) electrons. The van der Waals surface area contributed by atoms with Crippen LogP contribution in [0.3, 0.4) is 0 Å². The first-order valence-electron chi connectivity index (χ1n) is 9.21. The number of nitrogen functional groups attached to an aromatic ring is 1. The molecule has 10 heteroatoms. The van der Waals surface area contributed by atoms with Crippen molar-refractivity contribution in [1.29, 1.82) is 0 Å². The molecule has 0 unspecified atom stereocenters. The minimum absolute atomic E-state index is 0.191. The molecule has 5 atom stereocenters. The van der Waals surface area contributed by atoms with Crippen LogP contribution in [0.4, 0.5) is 5.69 Å². The third kappa shape index (κ3) is 5.93. The van der Waals surface area contributed by atoms with E-state index in [0.29, 0.717) is 5.69 Å². The van der Waals surface area contributed by atoms with Crippen molar-refractivity contribution in [2.24, 2.45) is 0 Å². The Morgan fingerprint density at radius 2 is 1.37 bits per heavy atom. The Balaban J connectivity index is 2.47. The van der Waals surface area contributed by atoms with E-state index in [1.807, 2.05) is 0 Å². The summed E-state index contributed by atoms with van der Waals surface area (Å²) in [5, 5.41) is 0. The van der Waals surface area contributed by atoms with Gasteiger partial charge in [0.05, 0.1) is 7.11 Å². The highest BCUT2D eigenvalue weighted by Crippen LogP contribution is 2.31. The number of benzene rings is 1. The lowest BCUT2D eigenvalue weighted by Crippen LogP contribution is -2.63. The van der Waals surface area contributed by atoms with Gasteiger partial charge < -0.3 is 29.4 Å². The predicted octanol–water partition coefficient (Wildman–Crippen LogP) is 0.547. The monoisotopic (exact) mass is 423 g/mol. The summed E-state index contributed by atoms with van der Waals surface area (Å²) in [6.07, 6.45) is -5.91. The third-order valence-corrected chi connectivity index (χ3v) is 4.39. The molecule has 0 aliphatic carbocycles. The Hall–Kier alpha value is -3.14. The van der Waals surface area contributed by atoms with Gasteiger partial charge in [-0.1, -0.05) is 12.1 Å². The number of methoxy groups -OCH3 is 1. The second kappa shape index (κ2) is 10.1. The quantitative estimate of drug-likeness (QED) is 0.392. The molecule has 2 rings (SSSR count). The van der Waals surface area contributed by atoms with E-state index in [1.54, 1.807) is 24.3 Å². The van der Waals surface area contributed by atoms with E-state index >= 15 is 0 Å². The van der Waals surface area contributed by atoms with Gasteiger partial charge in [0.15, 0.2) is 24.4 Å². The van der Waals surface area contributed by atoms with Crippen molar-refractivity contribution in [1.82, 2.24) is 0 Å². The normalized spacial score (nSPS) is 25.7. The van der Waals surface area contributed by atoms with E-state index in [0.717, 1.165) is 26.5 Å². The number of nitrogens with two attached hydrogens (primary N) is 1. The average Bonchev–Trinajstić information content (AvgIpc) is 2.66. The smallest absolute Gasteiger partial charge is 0.339 e. The first kappa shape index (κ1) is 23.1. The summed E-state index contributed by atoms with van der Waals surface area (Å²) in [4.78, 5) is 47.5. The predicted molar refractivity (Wildman–Crippen MR) is 102 cm³/mol. The van der Waals surface area contributed by atoms with Crippen molar-refractivity contribution in [2.45, 2.75) is 57.7 Å². The fourth-order valence-corrected chi connectivity index (χ4v) is 3.25. The van der Waals surface area contributed by atoms with Gasteiger partial charge >= 0.3 is 23.9 Å². The van der Waals surface area contributed by atoms with Crippen molar-refractivity contribution >= 4 is 29.6 Å². The number of ether oxygens (including phenoxy) is 5. The van der Waals surface area contributed by atoms with Crippen molar-refractivity contribution < 1.29 is 42.9 Å². The van der Waals surface area contributed by atoms with Crippen LogP contribution >= 0.6 is 0 Å². The Bertz CT molecular complexity index is 792. The molecule has 1 aliphatic heterocycles. The SMILES string of the molecule is COC(=O)[C@H]1O[C@@H](Cc2ccc(N)cc2)[C@H](OC(C)=O)[C@@H](OC(C)=O)[C@@H]1OC(C)=O. The van der Waals surface area contributed by atoms with Gasteiger partial charge in [-0.15, -0.1) is 0 Å². The maximum absolute atomic E-state index is 12.4. The highest BCUT2D eigenvalue weighted by molar-refractivity contribution is 5.77. The molecule has 0 spiro atoms. The topological polar surface area (TPSA) is 140 Å². The zero-order valence-corrected chi connectivity index (χ0v) is 17.2.